The van der Waals surface area contributed by atoms with Crippen LogP contribution in [0.15, 0.2) is 0 Å². The molecule has 0 saturated heterocycles. The molecule has 0 saturated carbocycles. The van der Waals surface area contributed by atoms with E-state index in [1.165, 1.54) is 0 Å². The summed E-state index contributed by atoms with van der Waals surface area (Å²) in [5, 5.41) is 16.7. The predicted molar refractivity (Wildman–Crippen MR) is 34.7 cm³/mol. The molecule has 0 aromatic carbocycles. The maximum Gasteiger partial charge on any atom is 1.00 e. The summed E-state index contributed by atoms with van der Waals surface area (Å²) in [6.45, 7) is 3.12. The van der Waals surface area contributed by atoms with Gasteiger partial charge >= 0.3 is 63.3 Å². The minimum Gasteiger partial charge on any atom is -1.00 e. The number of aliphatic carboxylic acids is 2. The minimum absolute atomic E-state index is 0. The fraction of sp³-hybridized carbons (Fsp3) is 0.667. The summed E-state index contributed by atoms with van der Waals surface area (Å²) in [4.78, 5) is 20.4. The molecular formula is C6H11KO4. The third-order valence-corrected chi connectivity index (χ3v) is 1.20. The van der Waals surface area contributed by atoms with Crippen molar-refractivity contribution in [3.05, 3.63) is 0 Å². The fourth-order valence-corrected chi connectivity index (χ4v) is 0.676. The molecule has 0 heterocycles. The van der Waals surface area contributed by atoms with Gasteiger partial charge in [0.25, 0.3) is 0 Å². The summed E-state index contributed by atoms with van der Waals surface area (Å²) in [7, 11) is 0. The van der Waals surface area contributed by atoms with Crippen molar-refractivity contribution >= 4 is 11.9 Å². The van der Waals surface area contributed by atoms with Crippen molar-refractivity contribution in [1.82, 2.24) is 0 Å². The van der Waals surface area contributed by atoms with Crippen molar-refractivity contribution in [2.24, 2.45) is 11.8 Å². The molecule has 5 heteroatoms. The average Bonchev–Trinajstić information content (AvgIpc) is 1.59. The number of hydrogen-bond acceptors (Lipinski definition) is 2. The molecule has 0 aliphatic rings. The Kier molecular flexibility index (Phi) is 7.87. The minimum atomic E-state index is -1.28. The SMILES string of the molecule is CC(C)C(C(=O)O)C(=O)O.[H-].[K+]. The number of hydrogen-bond donors (Lipinski definition) is 2. The van der Waals surface area contributed by atoms with Crippen LogP contribution in [0.1, 0.15) is 15.3 Å². The van der Waals surface area contributed by atoms with Gasteiger partial charge in [-0.15, -0.1) is 0 Å². The molecule has 0 amide bonds. The largest absolute Gasteiger partial charge is 1.00 e. The van der Waals surface area contributed by atoms with Gasteiger partial charge in [-0.3, -0.25) is 9.59 Å². The smallest absolute Gasteiger partial charge is 1.00 e. The number of carboxylic acid groups (broad SMARTS) is 2. The van der Waals surface area contributed by atoms with Gasteiger partial charge < -0.3 is 11.6 Å². The van der Waals surface area contributed by atoms with E-state index in [9.17, 15) is 9.59 Å². The van der Waals surface area contributed by atoms with Crippen LogP contribution in [0.4, 0.5) is 0 Å². The molecule has 0 radical (unpaired) electrons. The van der Waals surface area contributed by atoms with Crippen molar-refractivity contribution < 1.29 is 72.6 Å². The summed E-state index contributed by atoms with van der Waals surface area (Å²) < 4.78 is 0. The summed E-state index contributed by atoms with van der Waals surface area (Å²) in [6.07, 6.45) is 0. The second-order valence-corrected chi connectivity index (χ2v) is 2.40. The molecule has 2 N–H and O–H groups in total. The van der Waals surface area contributed by atoms with Crippen LogP contribution in [0.2, 0.25) is 0 Å². The molecule has 0 unspecified atom stereocenters. The topological polar surface area (TPSA) is 74.6 Å². The molecule has 0 aromatic rings. The van der Waals surface area contributed by atoms with E-state index < -0.39 is 17.9 Å². The van der Waals surface area contributed by atoms with Gasteiger partial charge in [0.05, 0.1) is 0 Å². The second kappa shape index (κ2) is 6.13. The molecule has 0 spiro atoms. The van der Waals surface area contributed by atoms with Crippen LogP contribution in [0, 0.1) is 11.8 Å². The molecule has 4 nitrogen and oxygen atoms in total. The third kappa shape index (κ3) is 4.92. The second-order valence-electron chi connectivity index (χ2n) is 2.40. The molecule has 11 heavy (non-hydrogen) atoms. The molecule has 0 atom stereocenters. The van der Waals surface area contributed by atoms with Crippen molar-refractivity contribution in [2.75, 3.05) is 0 Å². The first kappa shape index (κ1) is 14.1. The van der Waals surface area contributed by atoms with Crippen LogP contribution in [0.3, 0.4) is 0 Å². The molecule has 0 aliphatic heterocycles. The van der Waals surface area contributed by atoms with Crippen molar-refractivity contribution in [3.63, 3.8) is 0 Å². The van der Waals surface area contributed by atoms with Crippen LogP contribution >= 0.6 is 0 Å². The molecule has 0 bridgehead atoms. The van der Waals surface area contributed by atoms with Crippen LogP contribution in [0.25, 0.3) is 0 Å². The Labute approximate surface area is 109 Å². The van der Waals surface area contributed by atoms with E-state index in [1.807, 2.05) is 0 Å². The van der Waals surface area contributed by atoms with Crippen molar-refractivity contribution in [1.29, 1.82) is 0 Å². The maximum absolute atomic E-state index is 10.2. The standard InChI is InChI=1S/C6H10O4.K.H/c1-3(2)4(5(7)8)6(9)10;;/h3-4H,1-2H3,(H,7,8)(H,9,10);;/q;+1;-1. The van der Waals surface area contributed by atoms with E-state index >= 15 is 0 Å². The Bertz CT molecular complexity index is 146. The number of rotatable bonds is 3. The molecule has 0 aliphatic carbocycles. The van der Waals surface area contributed by atoms with Crippen molar-refractivity contribution in [2.45, 2.75) is 13.8 Å². The first-order chi connectivity index (χ1) is 4.46. The summed E-state index contributed by atoms with van der Waals surface area (Å²) in [6, 6.07) is 0. The predicted octanol–water partition coefficient (Wildman–Crippen LogP) is -2.46. The Morgan fingerprint density at radius 2 is 1.45 bits per heavy atom. The number of carbonyl (C=O) groups is 2. The molecular weight excluding hydrogens is 175 g/mol. The van der Waals surface area contributed by atoms with E-state index in [4.69, 9.17) is 10.2 Å². The Morgan fingerprint density at radius 1 is 1.18 bits per heavy atom. The molecule has 0 aromatic heterocycles. The van der Waals surface area contributed by atoms with Crippen LogP contribution < -0.4 is 51.4 Å². The fourth-order valence-electron chi connectivity index (χ4n) is 0.676. The quantitative estimate of drug-likeness (QED) is 0.379. The Balaban J connectivity index is -0.000000405. The van der Waals surface area contributed by atoms with E-state index in [0.29, 0.717) is 0 Å². The van der Waals surface area contributed by atoms with Gasteiger partial charge in [0.1, 0.15) is 0 Å². The first-order valence-corrected chi connectivity index (χ1v) is 2.92. The third-order valence-electron chi connectivity index (χ3n) is 1.20. The van der Waals surface area contributed by atoms with Gasteiger partial charge in [0.2, 0.25) is 0 Å². The zero-order chi connectivity index (χ0) is 8.31. The summed E-state index contributed by atoms with van der Waals surface area (Å²) in [5.41, 5.74) is 0. The normalized spacial score (nSPS) is 9.45. The Morgan fingerprint density at radius 3 is 1.45 bits per heavy atom. The monoisotopic (exact) mass is 186 g/mol. The van der Waals surface area contributed by atoms with Crippen molar-refractivity contribution in [3.8, 4) is 0 Å². The average molecular weight is 186 g/mol. The molecule has 0 fully saturated rings. The molecule has 0 rings (SSSR count). The van der Waals surface area contributed by atoms with Crippen LogP contribution in [-0.4, -0.2) is 22.2 Å². The van der Waals surface area contributed by atoms with E-state index in [2.05, 4.69) is 0 Å². The zero-order valence-corrected chi connectivity index (χ0v) is 9.99. The van der Waals surface area contributed by atoms with Gasteiger partial charge in [-0.2, -0.15) is 0 Å². The van der Waals surface area contributed by atoms with Gasteiger partial charge in [-0.25, -0.2) is 0 Å². The van der Waals surface area contributed by atoms with Gasteiger partial charge in [0.15, 0.2) is 5.92 Å². The summed E-state index contributed by atoms with van der Waals surface area (Å²) in [5.74, 6) is -4.19. The van der Waals surface area contributed by atoms with Gasteiger partial charge in [-0.05, 0) is 5.92 Å². The molecule has 60 valence electrons. The summed E-state index contributed by atoms with van der Waals surface area (Å²) >= 11 is 0. The maximum atomic E-state index is 10.2. The van der Waals surface area contributed by atoms with Gasteiger partial charge in [-0.1, -0.05) is 13.8 Å². The van der Waals surface area contributed by atoms with E-state index in [0.717, 1.165) is 0 Å². The van der Waals surface area contributed by atoms with Crippen LogP contribution in [0.5, 0.6) is 0 Å². The van der Waals surface area contributed by atoms with E-state index in [-0.39, 0.29) is 58.7 Å². The Hall–Kier alpha value is 0.576. The first-order valence-electron chi connectivity index (χ1n) is 2.92. The number of carboxylic acids is 2. The van der Waals surface area contributed by atoms with E-state index in [1.54, 1.807) is 13.8 Å². The zero-order valence-electron chi connectivity index (χ0n) is 7.87. The van der Waals surface area contributed by atoms with Gasteiger partial charge in [0, 0.05) is 0 Å². The van der Waals surface area contributed by atoms with Crippen LogP contribution in [-0.2, 0) is 9.59 Å².